The number of hydrogen-bond donors (Lipinski definition) is 1. The quantitative estimate of drug-likeness (QED) is 0.814. The molecule has 1 aromatic heterocycles. The van der Waals surface area contributed by atoms with E-state index in [-0.39, 0.29) is 11.6 Å². The van der Waals surface area contributed by atoms with E-state index in [0.717, 1.165) is 11.1 Å². The summed E-state index contributed by atoms with van der Waals surface area (Å²) in [7, 11) is 0. The van der Waals surface area contributed by atoms with Crippen molar-refractivity contribution < 1.29 is 4.39 Å². The van der Waals surface area contributed by atoms with Gasteiger partial charge in [-0.2, -0.15) is 5.26 Å². The molecule has 84 valence electrons. The molecule has 0 amide bonds. The topological polar surface area (TPSA) is 62.7 Å². The van der Waals surface area contributed by atoms with Crippen molar-refractivity contribution in [2.45, 2.75) is 6.92 Å². The van der Waals surface area contributed by atoms with Crippen LogP contribution in [0.2, 0.25) is 0 Å². The van der Waals surface area contributed by atoms with Gasteiger partial charge in [0.05, 0.1) is 5.56 Å². The summed E-state index contributed by atoms with van der Waals surface area (Å²) in [4.78, 5) is 4.10. The average Bonchev–Trinajstić information content (AvgIpc) is 2.31. The van der Waals surface area contributed by atoms with Crippen molar-refractivity contribution in [3.63, 3.8) is 0 Å². The molecule has 0 bridgehead atoms. The monoisotopic (exact) mass is 227 g/mol. The van der Waals surface area contributed by atoms with Gasteiger partial charge in [0.25, 0.3) is 0 Å². The molecule has 0 atom stereocenters. The summed E-state index contributed by atoms with van der Waals surface area (Å²) in [5.41, 5.74) is 8.25. The third-order valence-corrected chi connectivity index (χ3v) is 2.52. The van der Waals surface area contributed by atoms with Gasteiger partial charge in [-0.15, -0.1) is 0 Å². The number of pyridine rings is 1. The van der Waals surface area contributed by atoms with Crippen molar-refractivity contribution >= 4 is 5.82 Å². The molecule has 2 N–H and O–H groups in total. The maximum atomic E-state index is 12.8. The third kappa shape index (κ3) is 2.08. The fourth-order valence-electron chi connectivity index (χ4n) is 1.64. The van der Waals surface area contributed by atoms with E-state index in [1.807, 2.05) is 6.07 Å². The van der Waals surface area contributed by atoms with Crippen LogP contribution < -0.4 is 5.73 Å². The summed E-state index contributed by atoms with van der Waals surface area (Å²) in [5, 5.41) is 8.89. The van der Waals surface area contributed by atoms with Crippen LogP contribution in [0.3, 0.4) is 0 Å². The molecule has 3 nitrogen and oxygen atoms in total. The SMILES string of the molecule is Cc1nc(N)c(C#N)cc1-c1ccc(F)cc1. The zero-order valence-corrected chi connectivity index (χ0v) is 9.24. The molecule has 0 aliphatic rings. The minimum Gasteiger partial charge on any atom is -0.383 e. The van der Waals surface area contributed by atoms with Gasteiger partial charge in [-0.1, -0.05) is 12.1 Å². The molecular formula is C13H10FN3. The van der Waals surface area contributed by atoms with E-state index in [2.05, 4.69) is 4.98 Å². The number of nitrogens with two attached hydrogens (primary N) is 1. The van der Waals surface area contributed by atoms with Gasteiger partial charge in [-0.3, -0.25) is 0 Å². The Bertz CT molecular complexity index is 597. The molecule has 0 aliphatic heterocycles. The second-order valence-corrected chi connectivity index (χ2v) is 3.67. The first-order chi connectivity index (χ1) is 8.11. The van der Waals surface area contributed by atoms with Crippen molar-refractivity contribution in [1.82, 2.24) is 4.98 Å². The van der Waals surface area contributed by atoms with Crippen LogP contribution in [-0.2, 0) is 0 Å². The Balaban J connectivity index is 2.60. The van der Waals surface area contributed by atoms with Crippen LogP contribution in [0, 0.1) is 24.1 Å². The van der Waals surface area contributed by atoms with Gasteiger partial charge in [-0.05, 0) is 30.7 Å². The molecule has 2 rings (SSSR count). The zero-order chi connectivity index (χ0) is 12.4. The van der Waals surface area contributed by atoms with Gasteiger partial charge in [0.15, 0.2) is 0 Å². The molecule has 1 aromatic carbocycles. The third-order valence-electron chi connectivity index (χ3n) is 2.52. The Morgan fingerprint density at radius 3 is 2.53 bits per heavy atom. The first-order valence-electron chi connectivity index (χ1n) is 5.05. The standard InChI is InChI=1S/C13H10FN3/c1-8-12(6-10(7-15)13(16)17-8)9-2-4-11(14)5-3-9/h2-6H,1H3,(H2,16,17). The number of hydrogen-bond acceptors (Lipinski definition) is 3. The Morgan fingerprint density at radius 2 is 1.94 bits per heavy atom. The number of halogens is 1. The lowest BCUT2D eigenvalue weighted by Gasteiger charge is -2.07. The molecule has 0 unspecified atom stereocenters. The zero-order valence-electron chi connectivity index (χ0n) is 9.24. The summed E-state index contributed by atoms with van der Waals surface area (Å²) in [6, 6.07) is 9.70. The van der Waals surface area contributed by atoms with E-state index < -0.39 is 0 Å². The van der Waals surface area contributed by atoms with Crippen molar-refractivity contribution in [1.29, 1.82) is 5.26 Å². The van der Waals surface area contributed by atoms with E-state index in [0.29, 0.717) is 11.3 Å². The number of nitriles is 1. The minimum absolute atomic E-state index is 0.218. The lowest BCUT2D eigenvalue weighted by molar-refractivity contribution is 0.628. The van der Waals surface area contributed by atoms with Crippen LogP contribution in [0.1, 0.15) is 11.3 Å². The van der Waals surface area contributed by atoms with E-state index in [1.54, 1.807) is 25.1 Å². The molecule has 0 radical (unpaired) electrons. The normalized spacial score (nSPS) is 9.94. The van der Waals surface area contributed by atoms with Crippen LogP contribution in [0.15, 0.2) is 30.3 Å². The Morgan fingerprint density at radius 1 is 1.29 bits per heavy atom. The van der Waals surface area contributed by atoms with E-state index in [9.17, 15) is 4.39 Å². The van der Waals surface area contributed by atoms with E-state index in [1.165, 1.54) is 12.1 Å². The second-order valence-electron chi connectivity index (χ2n) is 3.67. The van der Waals surface area contributed by atoms with Gasteiger partial charge in [0.1, 0.15) is 17.7 Å². The molecule has 2 aromatic rings. The Labute approximate surface area is 98.3 Å². The van der Waals surface area contributed by atoms with Crippen molar-refractivity contribution in [2.24, 2.45) is 0 Å². The van der Waals surface area contributed by atoms with Gasteiger partial charge < -0.3 is 5.73 Å². The molecule has 0 saturated carbocycles. The maximum absolute atomic E-state index is 12.8. The predicted octanol–water partition coefficient (Wildman–Crippen LogP) is 2.65. The number of aryl methyl sites for hydroxylation is 1. The van der Waals surface area contributed by atoms with Gasteiger partial charge in [0, 0.05) is 11.3 Å². The lowest BCUT2D eigenvalue weighted by Crippen LogP contribution is -1.98. The average molecular weight is 227 g/mol. The highest BCUT2D eigenvalue weighted by molar-refractivity contribution is 5.70. The summed E-state index contributed by atoms with van der Waals surface area (Å²) < 4.78 is 12.8. The number of benzene rings is 1. The van der Waals surface area contributed by atoms with Gasteiger partial charge in [-0.25, -0.2) is 9.37 Å². The van der Waals surface area contributed by atoms with Crippen LogP contribution in [0.4, 0.5) is 10.2 Å². The molecule has 0 spiro atoms. The highest BCUT2D eigenvalue weighted by Crippen LogP contribution is 2.25. The number of nitrogens with zero attached hydrogens (tertiary/aromatic N) is 2. The number of nitrogen functional groups attached to an aromatic ring is 1. The summed E-state index contributed by atoms with van der Waals surface area (Å²) in [6.07, 6.45) is 0. The molecule has 17 heavy (non-hydrogen) atoms. The van der Waals surface area contributed by atoms with E-state index in [4.69, 9.17) is 11.0 Å². The van der Waals surface area contributed by atoms with Gasteiger partial charge >= 0.3 is 0 Å². The summed E-state index contributed by atoms with van der Waals surface area (Å²) in [6.45, 7) is 1.80. The Kier molecular flexibility index (Phi) is 2.75. The van der Waals surface area contributed by atoms with Gasteiger partial charge in [0.2, 0.25) is 0 Å². The number of aromatic nitrogens is 1. The van der Waals surface area contributed by atoms with Crippen molar-refractivity contribution in [2.75, 3.05) is 5.73 Å². The number of anilines is 1. The van der Waals surface area contributed by atoms with Crippen molar-refractivity contribution in [3.05, 3.63) is 47.4 Å². The first kappa shape index (κ1) is 11.1. The van der Waals surface area contributed by atoms with Crippen LogP contribution >= 0.6 is 0 Å². The van der Waals surface area contributed by atoms with Crippen LogP contribution in [-0.4, -0.2) is 4.98 Å². The summed E-state index contributed by atoms with van der Waals surface area (Å²) >= 11 is 0. The predicted molar refractivity (Wildman–Crippen MR) is 63.5 cm³/mol. The van der Waals surface area contributed by atoms with Crippen molar-refractivity contribution in [3.8, 4) is 17.2 Å². The fraction of sp³-hybridized carbons (Fsp3) is 0.0769. The molecule has 1 heterocycles. The largest absolute Gasteiger partial charge is 0.383 e. The smallest absolute Gasteiger partial charge is 0.141 e. The first-order valence-corrected chi connectivity index (χ1v) is 5.05. The molecule has 0 fully saturated rings. The minimum atomic E-state index is -0.296. The molecule has 4 heteroatoms. The highest BCUT2D eigenvalue weighted by Gasteiger charge is 2.08. The summed E-state index contributed by atoms with van der Waals surface area (Å²) in [5.74, 6) is -0.0776. The fourth-order valence-corrected chi connectivity index (χ4v) is 1.64. The second kappa shape index (κ2) is 4.22. The molecular weight excluding hydrogens is 217 g/mol. The molecule has 0 saturated heterocycles. The maximum Gasteiger partial charge on any atom is 0.141 e. The highest BCUT2D eigenvalue weighted by atomic mass is 19.1. The Hall–Kier alpha value is -2.41. The van der Waals surface area contributed by atoms with Crippen LogP contribution in [0.25, 0.3) is 11.1 Å². The van der Waals surface area contributed by atoms with Crippen LogP contribution in [0.5, 0.6) is 0 Å². The number of rotatable bonds is 1. The lowest BCUT2D eigenvalue weighted by atomic mass is 10.0. The molecule has 0 aliphatic carbocycles. The van der Waals surface area contributed by atoms with E-state index >= 15 is 0 Å².